The summed E-state index contributed by atoms with van der Waals surface area (Å²) in [6, 6.07) is 6.19. The Morgan fingerprint density at radius 2 is 2.00 bits per heavy atom. The number of nitrogens with two attached hydrogens (primary N) is 1. The van der Waals surface area contributed by atoms with Crippen LogP contribution in [0.4, 0.5) is 5.69 Å². The molecule has 1 heteroatoms. The lowest BCUT2D eigenvalue weighted by Gasteiger charge is -2.11. The topological polar surface area (TPSA) is 26.0 Å². The smallest absolute Gasteiger partial charge is 0.0317 e. The number of aryl methyl sites for hydroxylation is 1. The van der Waals surface area contributed by atoms with E-state index in [2.05, 4.69) is 32.9 Å². The van der Waals surface area contributed by atoms with Crippen LogP contribution < -0.4 is 5.73 Å². The van der Waals surface area contributed by atoms with E-state index in [0.29, 0.717) is 5.92 Å². The Labute approximate surface area is 74.6 Å². The third-order valence-electron chi connectivity index (χ3n) is 2.17. The largest absolute Gasteiger partial charge is 0.399 e. The number of hydrogen-bond acceptors (Lipinski definition) is 1. The van der Waals surface area contributed by atoms with E-state index < -0.39 is 0 Å². The Balaban J connectivity index is 3.12. The van der Waals surface area contributed by atoms with E-state index in [9.17, 15) is 0 Å². The number of nitrogen functional groups attached to an aromatic ring is 1. The highest BCUT2D eigenvalue weighted by Crippen LogP contribution is 2.22. The standard InChI is InChI=1S/C11H17N/c1-4-9-5-6-10(12)7-11(9)8(2)3/h5-8H,4,12H2,1-3H3. The van der Waals surface area contributed by atoms with E-state index in [1.165, 1.54) is 11.1 Å². The molecule has 66 valence electrons. The molecule has 1 rings (SSSR count). The van der Waals surface area contributed by atoms with Gasteiger partial charge in [-0.05, 0) is 35.6 Å². The van der Waals surface area contributed by atoms with Crippen LogP contribution in [0.3, 0.4) is 0 Å². The molecule has 0 amide bonds. The molecule has 0 atom stereocenters. The second-order valence-corrected chi connectivity index (χ2v) is 3.47. The fourth-order valence-electron chi connectivity index (χ4n) is 1.47. The van der Waals surface area contributed by atoms with Gasteiger partial charge in [0.1, 0.15) is 0 Å². The van der Waals surface area contributed by atoms with Crippen LogP contribution >= 0.6 is 0 Å². The van der Waals surface area contributed by atoms with Gasteiger partial charge in [0.05, 0.1) is 0 Å². The Kier molecular flexibility index (Phi) is 2.74. The van der Waals surface area contributed by atoms with E-state index >= 15 is 0 Å². The zero-order valence-electron chi connectivity index (χ0n) is 8.09. The number of benzene rings is 1. The number of anilines is 1. The molecule has 0 aliphatic rings. The van der Waals surface area contributed by atoms with Crippen LogP contribution in [0.1, 0.15) is 37.8 Å². The van der Waals surface area contributed by atoms with Gasteiger partial charge < -0.3 is 5.73 Å². The Morgan fingerprint density at radius 3 is 2.50 bits per heavy atom. The van der Waals surface area contributed by atoms with Gasteiger partial charge in [-0.3, -0.25) is 0 Å². The van der Waals surface area contributed by atoms with Crippen LogP contribution in [0.2, 0.25) is 0 Å². The summed E-state index contributed by atoms with van der Waals surface area (Å²) >= 11 is 0. The predicted octanol–water partition coefficient (Wildman–Crippen LogP) is 2.95. The van der Waals surface area contributed by atoms with Crippen molar-refractivity contribution in [2.75, 3.05) is 5.73 Å². The van der Waals surface area contributed by atoms with Crippen LogP contribution in [0.5, 0.6) is 0 Å². The minimum absolute atomic E-state index is 0.573. The van der Waals surface area contributed by atoms with Crippen LogP contribution in [0, 0.1) is 0 Å². The van der Waals surface area contributed by atoms with Crippen molar-refractivity contribution in [1.29, 1.82) is 0 Å². The van der Waals surface area contributed by atoms with Crippen molar-refractivity contribution in [2.45, 2.75) is 33.1 Å². The van der Waals surface area contributed by atoms with Gasteiger partial charge in [-0.1, -0.05) is 26.8 Å². The van der Waals surface area contributed by atoms with Gasteiger partial charge in [0.2, 0.25) is 0 Å². The van der Waals surface area contributed by atoms with Crippen LogP contribution in [-0.2, 0) is 6.42 Å². The van der Waals surface area contributed by atoms with Gasteiger partial charge in [0.15, 0.2) is 0 Å². The first-order chi connectivity index (χ1) is 5.65. The molecule has 0 aliphatic heterocycles. The molecule has 2 N–H and O–H groups in total. The summed E-state index contributed by atoms with van der Waals surface area (Å²) in [5, 5.41) is 0. The summed E-state index contributed by atoms with van der Waals surface area (Å²) < 4.78 is 0. The lowest BCUT2D eigenvalue weighted by Crippen LogP contribution is -1.97. The first kappa shape index (κ1) is 9.11. The second-order valence-electron chi connectivity index (χ2n) is 3.47. The van der Waals surface area contributed by atoms with Gasteiger partial charge in [0.25, 0.3) is 0 Å². The van der Waals surface area contributed by atoms with Crippen molar-refractivity contribution in [3.63, 3.8) is 0 Å². The minimum Gasteiger partial charge on any atom is -0.399 e. The molecule has 1 nitrogen and oxygen atoms in total. The first-order valence-corrected chi connectivity index (χ1v) is 4.53. The monoisotopic (exact) mass is 163 g/mol. The second kappa shape index (κ2) is 3.61. The molecule has 1 aromatic carbocycles. The van der Waals surface area contributed by atoms with Crippen LogP contribution in [0.25, 0.3) is 0 Å². The molecule has 0 radical (unpaired) electrons. The predicted molar refractivity (Wildman–Crippen MR) is 54.3 cm³/mol. The van der Waals surface area contributed by atoms with Gasteiger partial charge >= 0.3 is 0 Å². The van der Waals surface area contributed by atoms with E-state index in [1.807, 2.05) is 6.07 Å². The maximum atomic E-state index is 5.72. The molecular weight excluding hydrogens is 146 g/mol. The zero-order valence-corrected chi connectivity index (χ0v) is 8.09. The fraction of sp³-hybridized carbons (Fsp3) is 0.455. The fourth-order valence-corrected chi connectivity index (χ4v) is 1.47. The lowest BCUT2D eigenvalue weighted by atomic mass is 9.95. The molecule has 0 fully saturated rings. The summed E-state index contributed by atoms with van der Waals surface area (Å²) in [6.45, 7) is 6.58. The van der Waals surface area contributed by atoms with Gasteiger partial charge in [-0.15, -0.1) is 0 Å². The van der Waals surface area contributed by atoms with Gasteiger partial charge in [-0.2, -0.15) is 0 Å². The summed E-state index contributed by atoms with van der Waals surface area (Å²) in [4.78, 5) is 0. The molecule has 0 saturated carbocycles. The van der Waals surface area contributed by atoms with Crippen molar-refractivity contribution in [2.24, 2.45) is 0 Å². The third kappa shape index (κ3) is 1.79. The molecule has 0 heterocycles. The summed E-state index contributed by atoms with van der Waals surface area (Å²) in [5.74, 6) is 0.573. The minimum atomic E-state index is 0.573. The number of hydrogen-bond donors (Lipinski definition) is 1. The number of rotatable bonds is 2. The van der Waals surface area contributed by atoms with E-state index in [4.69, 9.17) is 5.73 Å². The van der Waals surface area contributed by atoms with Crippen molar-refractivity contribution >= 4 is 5.69 Å². The van der Waals surface area contributed by atoms with E-state index in [-0.39, 0.29) is 0 Å². The van der Waals surface area contributed by atoms with Crippen LogP contribution in [0.15, 0.2) is 18.2 Å². The summed E-state index contributed by atoms with van der Waals surface area (Å²) in [6.07, 6.45) is 1.09. The van der Waals surface area contributed by atoms with E-state index in [1.54, 1.807) is 0 Å². The highest BCUT2D eigenvalue weighted by atomic mass is 14.5. The van der Waals surface area contributed by atoms with E-state index in [0.717, 1.165) is 12.1 Å². The lowest BCUT2D eigenvalue weighted by molar-refractivity contribution is 0.845. The normalized spacial score (nSPS) is 10.7. The SMILES string of the molecule is CCc1ccc(N)cc1C(C)C. The maximum absolute atomic E-state index is 5.72. The molecular formula is C11H17N. The third-order valence-corrected chi connectivity index (χ3v) is 2.17. The molecule has 1 aromatic rings. The van der Waals surface area contributed by atoms with Crippen LogP contribution in [-0.4, -0.2) is 0 Å². The molecule has 0 aliphatic carbocycles. The first-order valence-electron chi connectivity index (χ1n) is 4.53. The molecule has 0 bridgehead atoms. The highest BCUT2D eigenvalue weighted by molar-refractivity contribution is 5.45. The van der Waals surface area contributed by atoms with Crippen molar-refractivity contribution in [3.8, 4) is 0 Å². The maximum Gasteiger partial charge on any atom is 0.0317 e. The molecule has 0 saturated heterocycles. The Hall–Kier alpha value is -0.980. The average Bonchev–Trinajstić information content (AvgIpc) is 2.04. The molecule has 12 heavy (non-hydrogen) atoms. The summed E-state index contributed by atoms with van der Waals surface area (Å²) in [5.41, 5.74) is 9.39. The van der Waals surface area contributed by atoms with Crippen molar-refractivity contribution < 1.29 is 0 Å². The Bertz CT molecular complexity index is 264. The Morgan fingerprint density at radius 1 is 1.33 bits per heavy atom. The van der Waals surface area contributed by atoms with Gasteiger partial charge in [0, 0.05) is 5.69 Å². The average molecular weight is 163 g/mol. The summed E-state index contributed by atoms with van der Waals surface area (Å²) in [7, 11) is 0. The van der Waals surface area contributed by atoms with Gasteiger partial charge in [-0.25, -0.2) is 0 Å². The van der Waals surface area contributed by atoms with Crippen molar-refractivity contribution in [1.82, 2.24) is 0 Å². The quantitative estimate of drug-likeness (QED) is 0.666. The molecule has 0 aromatic heterocycles. The highest BCUT2D eigenvalue weighted by Gasteiger charge is 2.04. The molecule has 0 spiro atoms. The zero-order chi connectivity index (χ0) is 9.14. The van der Waals surface area contributed by atoms with Crippen molar-refractivity contribution in [3.05, 3.63) is 29.3 Å². The molecule has 0 unspecified atom stereocenters.